The molecule has 7 N–H and O–H groups in total. The first-order valence-corrected chi connectivity index (χ1v) is 25.7. The Hall–Kier alpha value is -5.15. The van der Waals surface area contributed by atoms with Gasteiger partial charge in [0.05, 0.1) is 33.3 Å². The third kappa shape index (κ3) is 14.9. The second kappa shape index (κ2) is 26.6. The average Bonchev–Trinajstić information content (AvgIpc) is 4.24. The fraction of sp³-hybridized carbons (Fsp3) is 0.460. The van der Waals surface area contributed by atoms with Gasteiger partial charge >= 0.3 is 0 Å². The van der Waals surface area contributed by atoms with E-state index in [2.05, 4.69) is 110 Å². The molecule has 18 heteroatoms. The molecule has 68 heavy (non-hydrogen) atoms. The fourth-order valence-electron chi connectivity index (χ4n) is 8.51. The molecule has 7 aliphatic heterocycles. The number of pyridine rings is 1. The van der Waals surface area contributed by atoms with Crippen molar-refractivity contribution in [2.24, 2.45) is 0 Å². The lowest BCUT2D eigenvalue weighted by molar-refractivity contribution is 0.412. The molecule has 7 aliphatic rings. The van der Waals surface area contributed by atoms with Crippen LogP contribution in [-0.4, -0.2) is 80.9 Å². The van der Waals surface area contributed by atoms with Gasteiger partial charge in [0.1, 0.15) is 18.4 Å². The molecule has 0 saturated heterocycles. The van der Waals surface area contributed by atoms with Crippen LogP contribution >= 0.6 is 22.7 Å². The van der Waals surface area contributed by atoms with E-state index in [0.717, 1.165) is 153 Å². The molecule has 6 aromatic heterocycles. The molecular weight excluding hydrogens is 893 g/mol. The quantitative estimate of drug-likeness (QED) is 0.107. The van der Waals surface area contributed by atoms with E-state index in [4.69, 9.17) is 8.94 Å². The van der Waals surface area contributed by atoms with E-state index in [1.54, 1.807) is 23.9 Å². The number of thiazole rings is 2. The van der Waals surface area contributed by atoms with E-state index in [1.807, 2.05) is 42.2 Å². The number of aryl methyl sites for hydroxylation is 2. The predicted molar refractivity (Wildman–Crippen MR) is 267 cm³/mol. The molecule has 0 aliphatic carbocycles. The van der Waals surface area contributed by atoms with Crippen molar-refractivity contribution in [2.75, 3.05) is 45.8 Å². The Morgan fingerprint density at radius 3 is 1.84 bits per heavy atom. The number of aromatic nitrogens is 7. The first-order chi connectivity index (χ1) is 33.6. The molecular formula is C50H66N14O2S2. The van der Waals surface area contributed by atoms with Crippen molar-refractivity contribution in [3.63, 3.8) is 0 Å². The molecule has 14 rings (SSSR count). The van der Waals surface area contributed by atoms with Crippen LogP contribution in [0, 0.1) is 13.8 Å². The highest BCUT2D eigenvalue weighted by molar-refractivity contribution is 7.11. The van der Waals surface area contributed by atoms with Gasteiger partial charge in [-0.2, -0.15) is 0 Å². The van der Waals surface area contributed by atoms with Crippen LogP contribution in [0.4, 0.5) is 0 Å². The molecule has 16 nitrogen and oxygen atoms in total. The minimum atomic E-state index is 0.786. The van der Waals surface area contributed by atoms with Crippen LogP contribution < -0.4 is 37.2 Å². The van der Waals surface area contributed by atoms with Crippen molar-refractivity contribution >= 4 is 22.7 Å². The SMILES string of the molecule is Cc1nc2c(o1)CCNC2.Cc1nc2c(s1)CNCC2.c1ccc2c(c1)CCNC2.c1cnc2c(c1)CNCC2.c1nc2c(s1)CNCC2.c1ncc2c(n1)CCNC2.c1onc2c1CNCC2. The van der Waals surface area contributed by atoms with Gasteiger partial charge in [-0.1, -0.05) is 35.5 Å². The molecule has 0 bridgehead atoms. The van der Waals surface area contributed by atoms with E-state index in [9.17, 15) is 0 Å². The van der Waals surface area contributed by atoms with Crippen LogP contribution in [0.25, 0.3) is 0 Å². The van der Waals surface area contributed by atoms with Gasteiger partial charge in [-0.15, -0.1) is 22.7 Å². The van der Waals surface area contributed by atoms with E-state index >= 15 is 0 Å². The highest BCUT2D eigenvalue weighted by Gasteiger charge is 2.15. The normalized spacial score (nSPS) is 16.8. The third-order valence-corrected chi connectivity index (χ3v) is 14.0. The molecule has 0 atom stereocenters. The molecule has 13 heterocycles. The van der Waals surface area contributed by atoms with Crippen LogP contribution in [-0.2, 0) is 90.8 Å². The summed E-state index contributed by atoms with van der Waals surface area (Å²) in [6, 6.07) is 12.8. The van der Waals surface area contributed by atoms with Crippen molar-refractivity contribution in [1.82, 2.24) is 72.3 Å². The van der Waals surface area contributed by atoms with Gasteiger partial charge in [0.25, 0.3) is 0 Å². The maximum absolute atomic E-state index is 5.35. The summed E-state index contributed by atoms with van der Waals surface area (Å²) in [4.78, 5) is 28.1. The zero-order valence-corrected chi connectivity index (χ0v) is 41.1. The number of nitrogens with zero attached hydrogens (tertiary/aromatic N) is 7. The third-order valence-electron chi connectivity index (χ3n) is 12.1. The van der Waals surface area contributed by atoms with Gasteiger partial charge in [-0.25, -0.2) is 24.9 Å². The lowest BCUT2D eigenvalue weighted by atomic mass is 10.0. The topological polar surface area (TPSA) is 201 Å². The van der Waals surface area contributed by atoms with E-state index in [1.165, 1.54) is 71.8 Å². The zero-order valence-electron chi connectivity index (χ0n) is 39.5. The van der Waals surface area contributed by atoms with E-state index in [0.29, 0.717) is 0 Å². The Kier molecular flexibility index (Phi) is 19.3. The lowest BCUT2D eigenvalue weighted by Gasteiger charge is -2.15. The minimum Gasteiger partial charge on any atom is -0.446 e. The van der Waals surface area contributed by atoms with Crippen LogP contribution in [0.15, 0.2) is 75.8 Å². The first kappa shape index (κ1) is 49.3. The van der Waals surface area contributed by atoms with Crippen molar-refractivity contribution in [1.29, 1.82) is 0 Å². The molecule has 0 saturated carbocycles. The molecule has 1 aromatic carbocycles. The Morgan fingerprint density at radius 2 is 1.12 bits per heavy atom. The number of fused-ring (bicyclic) bond motifs is 7. The standard InChI is InChI=1S/C9H11N.C8H10N2.C7H9N3.C7H10N2O.C7H10N2S.C6H8N2O.C6H8N2S/c1-2-4-9-7-10-6-5-8(9)3-1;1-2-7-6-9-5-3-8(7)10-4-1;1-2-8-3-6-4-9-5-10-7(1)6;1-5-9-6-4-8-3-2-7(6)10-5;1-5-9-6-2-3-8-4-7(6)10-5;1-2-7-3-5-4-9-8-6(1)5;1-2-7-3-6-5(1)8-4-9-6/h1-4,10H,5-7H2;1-2,4,9H,3,5-6H2;4-5,8H,1-3H2;2*8H,2-4H2,1H3;2*4,7H,1-3H2. The fourth-order valence-corrected chi connectivity index (χ4v) is 10.2. The van der Waals surface area contributed by atoms with Gasteiger partial charge in [0.2, 0.25) is 0 Å². The van der Waals surface area contributed by atoms with Crippen LogP contribution in [0.2, 0.25) is 0 Å². The summed E-state index contributed by atoms with van der Waals surface area (Å²) in [5.74, 6) is 1.85. The zero-order chi connectivity index (χ0) is 46.6. The summed E-state index contributed by atoms with van der Waals surface area (Å²) in [6.07, 6.45) is 14.6. The van der Waals surface area contributed by atoms with Crippen LogP contribution in [0.5, 0.6) is 0 Å². The van der Waals surface area contributed by atoms with Gasteiger partial charge in [0.15, 0.2) is 5.89 Å². The van der Waals surface area contributed by atoms with Crippen molar-refractivity contribution in [3.05, 3.63) is 155 Å². The number of hydrogen-bond acceptors (Lipinski definition) is 18. The largest absolute Gasteiger partial charge is 0.446 e. The predicted octanol–water partition coefficient (Wildman–Crippen LogP) is 5.02. The Morgan fingerprint density at radius 1 is 0.500 bits per heavy atom. The van der Waals surface area contributed by atoms with Crippen molar-refractivity contribution < 1.29 is 8.94 Å². The first-order valence-electron chi connectivity index (χ1n) is 24.0. The highest BCUT2D eigenvalue weighted by atomic mass is 32.1. The Labute approximate surface area is 407 Å². The highest BCUT2D eigenvalue weighted by Crippen LogP contribution is 2.20. The van der Waals surface area contributed by atoms with Gasteiger partial charge in [-0.05, 0) is 42.6 Å². The molecule has 0 amide bonds. The monoisotopic (exact) mass is 958 g/mol. The van der Waals surface area contributed by atoms with Crippen LogP contribution in [0.1, 0.15) is 88.4 Å². The van der Waals surface area contributed by atoms with Gasteiger partial charge < -0.3 is 46.2 Å². The molecule has 0 radical (unpaired) electrons. The Balaban J connectivity index is 0.000000107. The molecule has 0 fully saturated rings. The number of hydrogen-bond donors (Lipinski definition) is 7. The van der Waals surface area contributed by atoms with Crippen molar-refractivity contribution in [3.8, 4) is 0 Å². The maximum Gasteiger partial charge on any atom is 0.191 e. The number of nitrogens with one attached hydrogen (secondary N) is 7. The molecule has 360 valence electrons. The second-order valence-electron chi connectivity index (χ2n) is 17.1. The summed E-state index contributed by atoms with van der Waals surface area (Å²) in [5, 5.41) is 28.0. The summed E-state index contributed by atoms with van der Waals surface area (Å²) in [6.45, 7) is 18.3. The van der Waals surface area contributed by atoms with Crippen molar-refractivity contribution in [2.45, 2.75) is 105 Å². The van der Waals surface area contributed by atoms with E-state index in [-0.39, 0.29) is 0 Å². The minimum absolute atomic E-state index is 0.786. The summed E-state index contributed by atoms with van der Waals surface area (Å²) in [7, 11) is 0. The van der Waals surface area contributed by atoms with Crippen LogP contribution in [0.3, 0.4) is 0 Å². The summed E-state index contributed by atoms with van der Waals surface area (Å²) < 4.78 is 10.1. The van der Waals surface area contributed by atoms with Gasteiger partial charge in [-0.3, -0.25) is 4.98 Å². The average molecular weight is 959 g/mol. The molecule has 7 aromatic rings. The lowest BCUT2D eigenvalue weighted by Crippen LogP contribution is -2.24. The number of benzene rings is 1. The maximum atomic E-state index is 5.35. The Bertz CT molecular complexity index is 2200. The smallest absolute Gasteiger partial charge is 0.191 e. The molecule has 0 unspecified atom stereocenters. The number of rotatable bonds is 0. The summed E-state index contributed by atoms with van der Waals surface area (Å²) >= 11 is 3.57. The second-order valence-corrected chi connectivity index (χ2v) is 19.3. The van der Waals surface area contributed by atoms with E-state index < -0.39 is 0 Å². The number of oxazole rings is 1. The molecule has 0 spiro atoms. The summed E-state index contributed by atoms with van der Waals surface area (Å²) in [5.41, 5.74) is 16.0. The van der Waals surface area contributed by atoms with Gasteiger partial charge in [0, 0.05) is 175 Å².